The van der Waals surface area contributed by atoms with E-state index in [2.05, 4.69) is 16.4 Å². The van der Waals surface area contributed by atoms with Crippen LogP contribution in [0.1, 0.15) is 29.7 Å². The van der Waals surface area contributed by atoms with Gasteiger partial charge in [0, 0.05) is 18.1 Å². The van der Waals surface area contributed by atoms with Crippen LogP contribution in [-0.4, -0.2) is 22.1 Å². The zero-order valence-corrected chi connectivity index (χ0v) is 15.3. The quantitative estimate of drug-likeness (QED) is 0.737. The van der Waals surface area contributed by atoms with Gasteiger partial charge in [-0.15, -0.1) is 0 Å². The first kappa shape index (κ1) is 17.7. The molecule has 0 unspecified atom stereocenters. The number of hydrogen-bond acceptors (Lipinski definition) is 3. The number of ether oxygens (including phenoxy) is 1. The fraction of sp³-hybridized carbons (Fsp3) is 0.238. The van der Waals surface area contributed by atoms with Crippen molar-refractivity contribution in [3.63, 3.8) is 0 Å². The molecule has 3 aromatic rings. The molecule has 0 saturated heterocycles. The average molecular weight is 349 g/mol. The Morgan fingerprint density at radius 2 is 1.85 bits per heavy atom. The minimum atomic E-state index is -0.143. The number of nitrogens with one attached hydrogen (secondary N) is 1. The van der Waals surface area contributed by atoms with Gasteiger partial charge in [-0.2, -0.15) is 0 Å². The van der Waals surface area contributed by atoms with Crippen molar-refractivity contribution in [3.05, 3.63) is 77.9 Å². The summed E-state index contributed by atoms with van der Waals surface area (Å²) >= 11 is 0. The van der Waals surface area contributed by atoms with Gasteiger partial charge in [0.15, 0.2) is 6.61 Å². The molecule has 0 fully saturated rings. The van der Waals surface area contributed by atoms with E-state index in [1.807, 2.05) is 67.9 Å². The largest absolute Gasteiger partial charge is 0.484 e. The molecule has 1 aromatic heterocycles. The van der Waals surface area contributed by atoms with E-state index in [-0.39, 0.29) is 18.6 Å². The highest BCUT2D eigenvalue weighted by molar-refractivity contribution is 5.78. The molecule has 0 saturated carbocycles. The standard InChI is InChI=1S/C21H23N3O2/c1-15-10-16(2)12-20(11-15)26-13-21(25)23-17(3)18-4-6-19(7-5-18)24-9-8-22-14-24/h4-12,14,17H,13H2,1-3H3,(H,23,25)/t17-/m1/s1. The highest BCUT2D eigenvalue weighted by atomic mass is 16.5. The molecule has 0 aliphatic carbocycles. The molecule has 26 heavy (non-hydrogen) atoms. The minimum absolute atomic E-state index is 0.000351. The predicted molar refractivity (Wildman–Crippen MR) is 102 cm³/mol. The lowest BCUT2D eigenvalue weighted by molar-refractivity contribution is -0.123. The molecule has 0 aliphatic rings. The van der Waals surface area contributed by atoms with E-state index in [1.165, 1.54) is 0 Å². The molecule has 2 aromatic carbocycles. The topological polar surface area (TPSA) is 56.1 Å². The van der Waals surface area contributed by atoms with Gasteiger partial charge < -0.3 is 14.6 Å². The van der Waals surface area contributed by atoms with Crippen LogP contribution in [0.15, 0.2) is 61.2 Å². The molecule has 0 bridgehead atoms. The molecule has 0 aliphatic heterocycles. The Bertz CT molecular complexity index is 851. The Morgan fingerprint density at radius 1 is 1.15 bits per heavy atom. The van der Waals surface area contributed by atoms with E-state index in [1.54, 1.807) is 12.5 Å². The summed E-state index contributed by atoms with van der Waals surface area (Å²) in [5, 5.41) is 2.97. The molecule has 1 N–H and O–H groups in total. The van der Waals surface area contributed by atoms with Crippen molar-refractivity contribution >= 4 is 5.91 Å². The molecule has 5 nitrogen and oxygen atoms in total. The molecule has 1 atom stereocenters. The smallest absolute Gasteiger partial charge is 0.258 e. The second-order valence-electron chi connectivity index (χ2n) is 6.46. The molecule has 0 radical (unpaired) electrons. The number of aryl methyl sites for hydroxylation is 2. The number of carbonyl (C=O) groups is 1. The summed E-state index contributed by atoms with van der Waals surface area (Å²) in [5.41, 5.74) is 4.30. The van der Waals surface area contributed by atoms with Crippen molar-refractivity contribution in [3.8, 4) is 11.4 Å². The van der Waals surface area contributed by atoms with Crippen LogP contribution in [0.5, 0.6) is 5.75 Å². The van der Waals surface area contributed by atoms with E-state index in [0.29, 0.717) is 0 Å². The Balaban J connectivity index is 1.55. The van der Waals surface area contributed by atoms with Crippen molar-refractivity contribution in [2.45, 2.75) is 26.8 Å². The zero-order chi connectivity index (χ0) is 18.5. The second-order valence-corrected chi connectivity index (χ2v) is 6.46. The van der Waals surface area contributed by atoms with Crippen molar-refractivity contribution in [2.24, 2.45) is 0 Å². The van der Waals surface area contributed by atoms with E-state index in [4.69, 9.17) is 4.74 Å². The third-order valence-corrected chi connectivity index (χ3v) is 4.14. The lowest BCUT2D eigenvalue weighted by atomic mass is 10.1. The van der Waals surface area contributed by atoms with Crippen LogP contribution in [0.2, 0.25) is 0 Å². The molecule has 0 spiro atoms. The summed E-state index contributed by atoms with van der Waals surface area (Å²) < 4.78 is 7.55. The number of benzene rings is 2. The first-order valence-corrected chi connectivity index (χ1v) is 8.60. The maximum Gasteiger partial charge on any atom is 0.258 e. The van der Waals surface area contributed by atoms with E-state index in [0.717, 1.165) is 28.1 Å². The van der Waals surface area contributed by atoms with Gasteiger partial charge in [-0.25, -0.2) is 4.98 Å². The monoisotopic (exact) mass is 349 g/mol. The molecule has 1 heterocycles. The number of amides is 1. The molecule has 5 heteroatoms. The number of hydrogen-bond donors (Lipinski definition) is 1. The van der Waals surface area contributed by atoms with Crippen LogP contribution in [0.3, 0.4) is 0 Å². The van der Waals surface area contributed by atoms with Gasteiger partial charge in [0.1, 0.15) is 5.75 Å². The van der Waals surface area contributed by atoms with Crippen LogP contribution >= 0.6 is 0 Å². The third kappa shape index (κ3) is 4.51. The zero-order valence-electron chi connectivity index (χ0n) is 15.3. The van der Waals surface area contributed by atoms with Crippen LogP contribution in [0.25, 0.3) is 5.69 Å². The number of nitrogens with zero attached hydrogens (tertiary/aromatic N) is 2. The average Bonchev–Trinajstić information content (AvgIpc) is 3.14. The maximum atomic E-state index is 12.2. The lowest BCUT2D eigenvalue weighted by Gasteiger charge is -2.15. The van der Waals surface area contributed by atoms with Gasteiger partial charge in [-0.1, -0.05) is 18.2 Å². The van der Waals surface area contributed by atoms with Crippen LogP contribution in [0.4, 0.5) is 0 Å². The molecule has 134 valence electrons. The predicted octanol–water partition coefficient (Wildman–Crippen LogP) is 3.75. The van der Waals surface area contributed by atoms with E-state index < -0.39 is 0 Å². The maximum absolute atomic E-state index is 12.2. The first-order chi connectivity index (χ1) is 12.5. The summed E-state index contributed by atoms with van der Waals surface area (Å²) in [5.74, 6) is 0.574. The Morgan fingerprint density at radius 3 is 2.46 bits per heavy atom. The summed E-state index contributed by atoms with van der Waals surface area (Å²) in [7, 11) is 0. The van der Waals surface area contributed by atoms with E-state index in [9.17, 15) is 4.79 Å². The second kappa shape index (κ2) is 7.87. The summed E-state index contributed by atoms with van der Waals surface area (Å²) in [6, 6.07) is 13.9. The highest BCUT2D eigenvalue weighted by Crippen LogP contribution is 2.17. The SMILES string of the molecule is Cc1cc(C)cc(OCC(=O)N[C@H](C)c2ccc(-n3ccnc3)cc2)c1. The fourth-order valence-corrected chi connectivity index (χ4v) is 2.88. The van der Waals surface area contributed by atoms with Crippen LogP contribution < -0.4 is 10.1 Å². The fourth-order valence-electron chi connectivity index (χ4n) is 2.88. The van der Waals surface area contributed by atoms with Crippen molar-refractivity contribution in [1.82, 2.24) is 14.9 Å². The third-order valence-electron chi connectivity index (χ3n) is 4.14. The number of imidazole rings is 1. The van der Waals surface area contributed by atoms with Gasteiger partial charge >= 0.3 is 0 Å². The van der Waals surface area contributed by atoms with E-state index >= 15 is 0 Å². The van der Waals surface area contributed by atoms with Gasteiger partial charge in [0.25, 0.3) is 5.91 Å². The van der Waals surface area contributed by atoms with Gasteiger partial charge in [-0.3, -0.25) is 4.79 Å². The summed E-state index contributed by atoms with van der Waals surface area (Å²) in [6.45, 7) is 5.98. The normalized spacial score (nSPS) is 11.8. The van der Waals surface area contributed by atoms with Crippen molar-refractivity contribution in [1.29, 1.82) is 0 Å². The first-order valence-electron chi connectivity index (χ1n) is 8.60. The summed E-state index contributed by atoms with van der Waals surface area (Å²) in [4.78, 5) is 16.2. The Kier molecular flexibility index (Phi) is 5.37. The number of rotatable bonds is 6. The molecule has 3 rings (SSSR count). The van der Waals surface area contributed by atoms with Crippen molar-refractivity contribution in [2.75, 3.05) is 6.61 Å². The molecular formula is C21H23N3O2. The highest BCUT2D eigenvalue weighted by Gasteiger charge is 2.10. The molecular weight excluding hydrogens is 326 g/mol. The minimum Gasteiger partial charge on any atom is -0.484 e. The van der Waals surface area contributed by atoms with Crippen LogP contribution in [0, 0.1) is 13.8 Å². The van der Waals surface area contributed by atoms with Gasteiger partial charge in [-0.05, 0) is 61.7 Å². The molecule has 1 amide bonds. The van der Waals surface area contributed by atoms with Crippen LogP contribution in [-0.2, 0) is 4.79 Å². The number of carbonyl (C=O) groups excluding carboxylic acids is 1. The number of aromatic nitrogens is 2. The van der Waals surface area contributed by atoms with Crippen molar-refractivity contribution < 1.29 is 9.53 Å². The van der Waals surface area contributed by atoms with Gasteiger partial charge in [0.2, 0.25) is 0 Å². The Labute approximate surface area is 153 Å². The van der Waals surface area contributed by atoms with Gasteiger partial charge in [0.05, 0.1) is 12.4 Å². The summed E-state index contributed by atoms with van der Waals surface area (Å²) in [6.07, 6.45) is 5.39. The lowest BCUT2D eigenvalue weighted by Crippen LogP contribution is -2.31. The Hall–Kier alpha value is -3.08.